The topological polar surface area (TPSA) is 52.3 Å². The van der Waals surface area contributed by atoms with Crippen LogP contribution in [0.15, 0.2) is 12.1 Å². The predicted octanol–water partition coefficient (Wildman–Crippen LogP) is 1.25. The van der Waals surface area contributed by atoms with Crippen LogP contribution in [0.2, 0.25) is 0 Å². The molecule has 1 rings (SSSR count). The number of nitrogens with two attached hydrogens (primary N) is 1. The van der Waals surface area contributed by atoms with Gasteiger partial charge in [-0.15, -0.1) is 0 Å². The minimum absolute atomic E-state index is 0.155. The highest BCUT2D eigenvalue weighted by Gasteiger charge is 2.18. The minimum Gasteiger partial charge on any atom is -0.465 e. The minimum atomic E-state index is -1.19. The van der Waals surface area contributed by atoms with Crippen LogP contribution in [0.5, 0.6) is 0 Å². The summed E-state index contributed by atoms with van der Waals surface area (Å²) in [5.74, 6) is -3.12. The van der Waals surface area contributed by atoms with Gasteiger partial charge >= 0.3 is 5.97 Å². The summed E-state index contributed by atoms with van der Waals surface area (Å²) in [5, 5.41) is 0. The van der Waals surface area contributed by atoms with Crippen LogP contribution in [0.4, 0.5) is 8.78 Å². The number of benzene rings is 1. The van der Waals surface area contributed by atoms with E-state index in [4.69, 9.17) is 5.73 Å². The molecule has 15 heavy (non-hydrogen) atoms. The maximum atomic E-state index is 13.3. The van der Waals surface area contributed by atoms with E-state index < -0.39 is 23.2 Å². The lowest BCUT2D eigenvalue weighted by Gasteiger charge is -2.05. The molecule has 0 saturated carbocycles. The maximum absolute atomic E-state index is 13.3. The molecule has 0 aliphatic heterocycles. The molecule has 3 nitrogen and oxygen atoms in total. The fourth-order valence-corrected chi connectivity index (χ4v) is 1.21. The molecule has 0 amide bonds. The summed E-state index contributed by atoms with van der Waals surface area (Å²) >= 11 is 0. The van der Waals surface area contributed by atoms with E-state index in [-0.39, 0.29) is 18.5 Å². The molecule has 0 saturated heterocycles. The summed E-state index contributed by atoms with van der Waals surface area (Å²) in [7, 11) is 1.10. The Hall–Kier alpha value is -1.49. The molecule has 82 valence electrons. The number of hydrogen-bond donors (Lipinski definition) is 1. The number of carbonyl (C=O) groups excluding carboxylic acids is 1. The number of hydrogen-bond acceptors (Lipinski definition) is 3. The number of methoxy groups -OCH3 is 1. The van der Waals surface area contributed by atoms with Crippen molar-refractivity contribution in [3.63, 3.8) is 0 Å². The summed E-state index contributed by atoms with van der Waals surface area (Å²) in [6.07, 6.45) is 0.226. The van der Waals surface area contributed by atoms with Crippen molar-refractivity contribution in [1.29, 1.82) is 0 Å². The van der Waals surface area contributed by atoms with Crippen LogP contribution < -0.4 is 5.73 Å². The summed E-state index contributed by atoms with van der Waals surface area (Å²) in [6, 6.07) is 2.52. The smallest absolute Gasteiger partial charge is 0.340 e. The largest absolute Gasteiger partial charge is 0.465 e. The van der Waals surface area contributed by atoms with Crippen molar-refractivity contribution in [3.05, 3.63) is 34.9 Å². The van der Waals surface area contributed by atoms with Crippen LogP contribution in [0.25, 0.3) is 0 Å². The lowest BCUT2D eigenvalue weighted by Crippen LogP contribution is -2.10. The van der Waals surface area contributed by atoms with Crippen LogP contribution in [0.1, 0.15) is 15.9 Å². The van der Waals surface area contributed by atoms with Crippen molar-refractivity contribution in [2.75, 3.05) is 13.7 Å². The van der Waals surface area contributed by atoms with E-state index in [0.717, 1.165) is 7.11 Å². The normalized spacial score (nSPS) is 10.1. The molecule has 0 heterocycles. The Morgan fingerprint density at radius 3 is 2.60 bits per heavy atom. The van der Waals surface area contributed by atoms with Gasteiger partial charge in [-0.05, 0) is 24.6 Å². The Kier molecular flexibility index (Phi) is 3.74. The first-order valence-electron chi connectivity index (χ1n) is 4.37. The number of carbonyl (C=O) groups is 1. The summed E-state index contributed by atoms with van der Waals surface area (Å²) in [4.78, 5) is 11.0. The Morgan fingerprint density at radius 2 is 2.07 bits per heavy atom. The number of rotatable bonds is 3. The van der Waals surface area contributed by atoms with Gasteiger partial charge in [0.05, 0.1) is 12.7 Å². The average molecular weight is 215 g/mol. The third-order valence-electron chi connectivity index (χ3n) is 1.98. The van der Waals surface area contributed by atoms with Gasteiger partial charge < -0.3 is 10.5 Å². The second kappa shape index (κ2) is 4.84. The molecule has 5 heteroatoms. The van der Waals surface area contributed by atoms with Crippen molar-refractivity contribution in [1.82, 2.24) is 0 Å². The first kappa shape index (κ1) is 11.6. The highest BCUT2D eigenvalue weighted by atomic mass is 19.2. The van der Waals surface area contributed by atoms with E-state index in [0.29, 0.717) is 0 Å². The van der Waals surface area contributed by atoms with E-state index in [1.165, 1.54) is 12.1 Å². The summed E-state index contributed by atoms with van der Waals surface area (Å²) in [5.41, 5.74) is 4.97. The summed E-state index contributed by atoms with van der Waals surface area (Å²) < 4.78 is 30.9. The standard InChI is InChI=1S/C10H11F2NO2/c1-15-10(14)7-3-2-6(4-5-13)8(11)9(7)12/h2-3H,4-5,13H2,1H3. The van der Waals surface area contributed by atoms with Crippen LogP contribution >= 0.6 is 0 Å². The van der Waals surface area contributed by atoms with Gasteiger partial charge in [-0.25, -0.2) is 13.6 Å². The van der Waals surface area contributed by atoms with E-state index in [9.17, 15) is 13.6 Å². The van der Waals surface area contributed by atoms with E-state index in [2.05, 4.69) is 4.74 Å². The van der Waals surface area contributed by atoms with Crippen LogP contribution in [0, 0.1) is 11.6 Å². The van der Waals surface area contributed by atoms with Gasteiger partial charge in [-0.2, -0.15) is 0 Å². The van der Waals surface area contributed by atoms with Gasteiger partial charge in [0.25, 0.3) is 0 Å². The number of ether oxygens (including phenoxy) is 1. The average Bonchev–Trinajstić information content (AvgIpc) is 2.24. The Morgan fingerprint density at radius 1 is 1.40 bits per heavy atom. The molecule has 1 aromatic carbocycles. The molecule has 0 aromatic heterocycles. The van der Waals surface area contributed by atoms with Crippen LogP contribution in [0.3, 0.4) is 0 Å². The zero-order chi connectivity index (χ0) is 11.4. The summed E-state index contributed by atoms with van der Waals surface area (Å²) in [6.45, 7) is 0.216. The zero-order valence-corrected chi connectivity index (χ0v) is 8.22. The van der Waals surface area contributed by atoms with E-state index in [1.54, 1.807) is 0 Å². The van der Waals surface area contributed by atoms with Gasteiger partial charge in [-0.3, -0.25) is 0 Å². The number of esters is 1. The van der Waals surface area contributed by atoms with Crippen LogP contribution in [-0.2, 0) is 11.2 Å². The quantitative estimate of drug-likeness (QED) is 0.772. The second-order valence-corrected chi connectivity index (χ2v) is 2.93. The molecule has 0 aliphatic rings. The van der Waals surface area contributed by atoms with Crippen molar-refractivity contribution in [2.24, 2.45) is 5.73 Å². The second-order valence-electron chi connectivity index (χ2n) is 2.93. The molecule has 0 bridgehead atoms. The van der Waals surface area contributed by atoms with Crippen molar-refractivity contribution in [2.45, 2.75) is 6.42 Å². The highest BCUT2D eigenvalue weighted by molar-refractivity contribution is 5.89. The Bertz CT molecular complexity index is 380. The zero-order valence-electron chi connectivity index (χ0n) is 8.22. The molecule has 1 aromatic rings. The molecule has 0 spiro atoms. The van der Waals surface area contributed by atoms with Crippen LogP contribution in [-0.4, -0.2) is 19.6 Å². The van der Waals surface area contributed by atoms with Gasteiger partial charge in [0, 0.05) is 0 Å². The Labute approximate surface area is 85.8 Å². The molecule has 2 N–H and O–H groups in total. The third kappa shape index (κ3) is 2.30. The van der Waals surface area contributed by atoms with Crippen molar-refractivity contribution < 1.29 is 18.3 Å². The highest BCUT2D eigenvalue weighted by Crippen LogP contribution is 2.17. The maximum Gasteiger partial charge on any atom is 0.340 e. The molecular weight excluding hydrogens is 204 g/mol. The molecule has 0 radical (unpaired) electrons. The van der Waals surface area contributed by atoms with Crippen molar-refractivity contribution >= 4 is 5.97 Å². The third-order valence-corrected chi connectivity index (χ3v) is 1.98. The fraction of sp³-hybridized carbons (Fsp3) is 0.300. The van der Waals surface area contributed by atoms with Gasteiger partial charge in [0.2, 0.25) is 0 Å². The van der Waals surface area contributed by atoms with Gasteiger partial charge in [0.1, 0.15) is 0 Å². The first-order valence-corrected chi connectivity index (χ1v) is 4.37. The molecule has 0 atom stereocenters. The van der Waals surface area contributed by atoms with Gasteiger partial charge in [-0.1, -0.05) is 6.07 Å². The fourth-order valence-electron chi connectivity index (χ4n) is 1.21. The Balaban J connectivity index is 3.15. The van der Waals surface area contributed by atoms with E-state index in [1.807, 2.05) is 0 Å². The number of halogens is 2. The molecule has 0 unspecified atom stereocenters. The first-order chi connectivity index (χ1) is 7.11. The molecule has 0 aliphatic carbocycles. The van der Waals surface area contributed by atoms with Crippen molar-refractivity contribution in [3.8, 4) is 0 Å². The lowest BCUT2D eigenvalue weighted by atomic mass is 10.1. The van der Waals surface area contributed by atoms with E-state index >= 15 is 0 Å². The van der Waals surface area contributed by atoms with Gasteiger partial charge in [0.15, 0.2) is 11.6 Å². The predicted molar refractivity (Wildman–Crippen MR) is 50.5 cm³/mol. The SMILES string of the molecule is COC(=O)c1ccc(CCN)c(F)c1F. The molecular formula is C10H11F2NO2. The monoisotopic (exact) mass is 215 g/mol. The lowest BCUT2D eigenvalue weighted by molar-refractivity contribution is 0.0594. The molecule has 0 fully saturated rings.